The third-order valence-corrected chi connectivity index (χ3v) is 5.22. The van der Waals surface area contributed by atoms with Gasteiger partial charge in [-0.2, -0.15) is 0 Å². The molecule has 0 aliphatic carbocycles. The highest BCUT2D eigenvalue weighted by molar-refractivity contribution is 5.98. The number of nitrogens with zero attached hydrogens (tertiary/aromatic N) is 4. The van der Waals surface area contributed by atoms with Crippen LogP contribution in [0.1, 0.15) is 5.56 Å². The van der Waals surface area contributed by atoms with Crippen molar-refractivity contribution in [2.24, 2.45) is 0 Å². The van der Waals surface area contributed by atoms with Crippen molar-refractivity contribution in [3.05, 3.63) is 78.8 Å². The monoisotopic (exact) mass is 370 g/mol. The number of ether oxygens (including phenoxy) is 1. The van der Waals surface area contributed by atoms with Gasteiger partial charge in [0.2, 0.25) is 0 Å². The van der Waals surface area contributed by atoms with Gasteiger partial charge in [0.25, 0.3) is 0 Å². The Kier molecular flexibility index (Phi) is 4.51. The summed E-state index contributed by atoms with van der Waals surface area (Å²) in [5, 5.41) is 0. The topological polar surface area (TPSA) is 43.2 Å². The number of anilines is 1. The fourth-order valence-electron chi connectivity index (χ4n) is 3.85. The molecule has 0 spiro atoms. The Balaban J connectivity index is 1.69. The minimum atomic E-state index is 0.733. The van der Waals surface area contributed by atoms with Crippen LogP contribution in [0.25, 0.3) is 22.2 Å². The molecule has 2 aromatic carbocycles. The lowest BCUT2D eigenvalue weighted by Gasteiger charge is -2.28. The van der Waals surface area contributed by atoms with Gasteiger partial charge in [0, 0.05) is 31.4 Å². The maximum Gasteiger partial charge on any atom is 0.156 e. The third kappa shape index (κ3) is 3.14. The van der Waals surface area contributed by atoms with Gasteiger partial charge in [-0.1, -0.05) is 60.7 Å². The maximum atomic E-state index is 5.54. The van der Waals surface area contributed by atoms with E-state index in [1.54, 1.807) is 6.33 Å². The molecular weight excluding hydrogens is 348 g/mol. The first kappa shape index (κ1) is 17.0. The molecular formula is C23H22N4O. The van der Waals surface area contributed by atoms with E-state index in [4.69, 9.17) is 4.74 Å². The molecule has 5 rings (SSSR count). The van der Waals surface area contributed by atoms with Gasteiger partial charge >= 0.3 is 0 Å². The van der Waals surface area contributed by atoms with E-state index in [9.17, 15) is 0 Å². The fraction of sp³-hybridized carbons (Fsp3) is 0.217. The Morgan fingerprint density at radius 1 is 0.857 bits per heavy atom. The summed E-state index contributed by atoms with van der Waals surface area (Å²) < 4.78 is 7.83. The highest BCUT2D eigenvalue weighted by atomic mass is 16.5. The highest BCUT2D eigenvalue weighted by Crippen LogP contribution is 2.34. The van der Waals surface area contributed by atoms with Crippen LogP contribution in [0.2, 0.25) is 0 Å². The number of aromatic nitrogens is 3. The molecule has 5 nitrogen and oxygen atoms in total. The van der Waals surface area contributed by atoms with Crippen LogP contribution in [0.15, 0.2) is 73.2 Å². The zero-order valence-electron chi connectivity index (χ0n) is 15.7. The van der Waals surface area contributed by atoms with E-state index in [-0.39, 0.29) is 0 Å². The van der Waals surface area contributed by atoms with Crippen LogP contribution in [-0.2, 0) is 11.3 Å². The molecule has 4 aromatic rings. The molecule has 0 radical (unpaired) electrons. The Morgan fingerprint density at radius 2 is 1.57 bits per heavy atom. The largest absolute Gasteiger partial charge is 0.378 e. The van der Waals surface area contributed by atoms with Crippen LogP contribution < -0.4 is 4.90 Å². The van der Waals surface area contributed by atoms with Crippen molar-refractivity contribution in [1.29, 1.82) is 0 Å². The number of rotatable bonds is 4. The zero-order valence-corrected chi connectivity index (χ0v) is 15.7. The van der Waals surface area contributed by atoms with Gasteiger partial charge in [0.1, 0.15) is 17.4 Å². The van der Waals surface area contributed by atoms with Crippen molar-refractivity contribution < 1.29 is 4.74 Å². The first-order valence-corrected chi connectivity index (χ1v) is 9.66. The second-order valence-electron chi connectivity index (χ2n) is 7.02. The maximum absolute atomic E-state index is 5.54. The molecule has 28 heavy (non-hydrogen) atoms. The van der Waals surface area contributed by atoms with Gasteiger partial charge in [-0.3, -0.25) is 0 Å². The van der Waals surface area contributed by atoms with Crippen molar-refractivity contribution in [2.45, 2.75) is 6.54 Å². The predicted molar refractivity (Wildman–Crippen MR) is 112 cm³/mol. The van der Waals surface area contributed by atoms with E-state index < -0.39 is 0 Å². The Labute approximate surface area is 164 Å². The minimum absolute atomic E-state index is 0.733. The summed E-state index contributed by atoms with van der Waals surface area (Å²) in [5.74, 6) is 0.992. The fourth-order valence-corrected chi connectivity index (χ4v) is 3.85. The summed E-state index contributed by atoms with van der Waals surface area (Å²) >= 11 is 0. The summed E-state index contributed by atoms with van der Waals surface area (Å²) in [7, 11) is 0. The zero-order chi connectivity index (χ0) is 18.8. The van der Waals surface area contributed by atoms with Gasteiger partial charge in [0.15, 0.2) is 5.82 Å². The molecule has 1 saturated heterocycles. The minimum Gasteiger partial charge on any atom is -0.378 e. The summed E-state index contributed by atoms with van der Waals surface area (Å²) in [4.78, 5) is 11.7. The first-order chi connectivity index (χ1) is 13.9. The summed E-state index contributed by atoms with van der Waals surface area (Å²) in [6.45, 7) is 3.95. The van der Waals surface area contributed by atoms with Crippen LogP contribution in [0, 0.1) is 0 Å². The van der Waals surface area contributed by atoms with Crippen LogP contribution in [0.5, 0.6) is 0 Å². The SMILES string of the molecule is c1ccc(Cn2cc(-c3ccccc3)c3ncnc(N4CCOCC4)c32)cc1. The highest BCUT2D eigenvalue weighted by Gasteiger charge is 2.21. The molecule has 1 aliphatic heterocycles. The Morgan fingerprint density at radius 3 is 2.32 bits per heavy atom. The summed E-state index contributed by atoms with van der Waals surface area (Å²) in [6.07, 6.45) is 3.90. The van der Waals surface area contributed by atoms with E-state index in [0.29, 0.717) is 0 Å². The lowest BCUT2D eigenvalue weighted by molar-refractivity contribution is 0.122. The van der Waals surface area contributed by atoms with Crippen molar-refractivity contribution in [3.63, 3.8) is 0 Å². The van der Waals surface area contributed by atoms with Crippen molar-refractivity contribution >= 4 is 16.9 Å². The molecule has 0 atom stereocenters. The second kappa shape index (κ2) is 7.44. The van der Waals surface area contributed by atoms with E-state index in [0.717, 1.165) is 55.3 Å². The van der Waals surface area contributed by atoms with Crippen molar-refractivity contribution in [3.8, 4) is 11.1 Å². The van der Waals surface area contributed by atoms with Gasteiger partial charge in [0.05, 0.1) is 13.2 Å². The van der Waals surface area contributed by atoms with Crippen molar-refractivity contribution in [2.75, 3.05) is 31.2 Å². The number of fused-ring (bicyclic) bond motifs is 1. The Bertz CT molecular complexity index is 1070. The molecule has 3 heterocycles. The number of morpholine rings is 1. The van der Waals surface area contributed by atoms with E-state index in [1.165, 1.54) is 11.1 Å². The number of hydrogen-bond donors (Lipinski definition) is 0. The molecule has 0 bridgehead atoms. The molecule has 1 aliphatic rings. The van der Waals surface area contributed by atoms with E-state index in [2.05, 4.69) is 80.2 Å². The summed E-state index contributed by atoms with van der Waals surface area (Å²) in [5.41, 5.74) is 5.66. The molecule has 0 amide bonds. The lowest BCUT2D eigenvalue weighted by atomic mass is 10.1. The van der Waals surface area contributed by atoms with Crippen LogP contribution in [0.4, 0.5) is 5.82 Å². The quantitative estimate of drug-likeness (QED) is 0.545. The van der Waals surface area contributed by atoms with Crippen LogP contribution in [-0.4, -0.2) is 40.8 Å². The molecule has 2 aromatic heterocycles. The average Bonchev–Trinajstić information content (AvgIpc) is 3.14. The third-order valence-electron chi connectivity index (χ3n) is 5.22. The number of benzene rings is 2. The smallest absolute Gasteiger partial charge is 0.156 e. The predicted octanol–water partition coefficient (Wildman–Crippen LogP) is 3.98. The molecule has 0 unspecified atom stereocenters. The van der Waals surface area contributed by atoms with Crippen LogP contribution >= 0.6 is 0 Å². The van der Waals surface area contributed by atoms with E-state index in [1.807, 2.05) is 6.07 Å². The van der Waals surface area contributed by atoms with Crippen LogP contribution in [0.3, 0.4) is 0 Å². The molecule has 0 N–H and O–H groups in total. The Hall–Kier alpha value is -3.18. The van der Waals surface area contributed by atoms with Gasteiger partial charge < -0.3 is 14.2 Å². The van der Waals surface area contributed by atoms with Gasteiger partial charge in [-0.15, -0.1) is 0 Å². The average molecular weight is 370 g/mol. The normalized spacial score (nSPS) is 14.5. The summed E-state index contributed by atoms with van der Waals surface area (Å²) in [6, 6.07) is 21.0. The molecule has 0 saturated carbocycles. The lowest BCUT2D eigenvalue weighted by Crippen LogP contribution is -2.37. The second-order valence-corrected chi connectivity index (χ2v) is 7.02. The molecule has 140 valence electrons. The van der Waals surface area contributed by atoms with E-state index >= 15 is 0 Å². The standard InChI is InChI=1S/C23H22N4O/c1-3-7-18(8-4-1)15-27-16-20(19-9-5-2-6-10-19)21-22(27)23(25-17-24-21)26-11-13-28-14-12-26/h1-10,16-17H,11-15H2. The van der Waals surface area contributed by atoms with Gasteiger partial charge in [-0.25, -0.2) is 9.97 Å². The molecule has 1 fully saturated rings. The number of hydrogen-bond acceptors (Lipinski definition) is 4. The van der Waals surface area contributed by atoms with Gasteiger partial charge in [-0.05, 0) is 11.1 Å². The first-order valence-electron chi connectivity index (χ1n) is 9.66. The molecule has 5 heteroatoms. The van der Waals surface area contributed by atoms with Crippen molar-refractivity contribution in [1.82, 2.24) is 14.5 Å².